The number of benzene rings is 2. The number of methoxy groups -OCH3 is 1. The summed E-state index contributed by atoms with van der Waals surface area (Å²) in [6.45, 7) is 6.01. The molecule has 2 amide bonds. The lowest BCUT2D eigenvalue weighted by atomic mass is 10.2. The predicted octanol–water partition coefficient (Wildman–Crippen LogP) is 5.72. The van der Waals surface area contributed by atoms with Crippen molar-refractivity contribution < 1.29 is 14.3 Å². The number of thiazole rings is 1. The molecule has 2 N–H and O–H groups in total. The molecule has 0 saturated carbocycles. The Morgan fingerprint density at radius 2 is 1.70 bits per heavy atom. The van der Waals surface area contributed by atoms with E-state index in [-0.39, 0.29) is 11.8 Å². The standard InChI is InChI=1S/C24H24N4O3S2/c1-4-28(5-2)24-27-23-20(33-24)14-19(32-23)22(30)25-16-12-10-15(11-13-16)21(29)26-17-8-6-7-9-18(17)31-3/h6-14H,4-5H2,1-3H3,(H,25,30)(H,26,29). The van der Waals surface area contributed by atoms with E-state index in [9.17, 15) is 9.59 Å². The zero-order valence-electron chi connectivity index (χ0n) is 18.5. The summed E-state index contributed by atoms with van der Waals surface area (Å²) in [6.07, 6.45) is 0. The summed E-state index contributed by atoms with van der Waals surface area (Å²) in [5.41, 5.74) is 1.68. The monoisotopic (exact) mass is 480 g/mol. The number of nitrogens with one attached hydrogen (secondary N) is 2. The van der Waals surface area contributed by atoms with Crippen molar-refractivity contribution in [2.75, 3.05) is 35.7 Å². The highest BCUT2D eigenvalue weighted by Gasteiger charge is 2.16. The number of nitrogens with zero attached hydrogens (tertiary/aromatic N) is 2. The third-order valence-electron chi connectivity index (χ3n) is 5.10. The van der Waals surface area contributed by atoms with Gasteiger partial charge in [0.2, 0.25) is 0 Å². The molecule has 0 aliphatic heterocycles. The minimum Gasteiger partial charge on any atom is -0.495 e. The van der Waals surface area contributed by atoms with Crippen LogP contribution in [0.2, 0.25) is 0 Å². The van der Waals surface area contributed by atoms with Crippen LogP contribution in [-0.4, -0.2) is 37.0 Å². The van der Waals surface area contributed by atoms with Crippen LogP contribution in [0.4, 0.5) is 16.5 Å². The van der Waals surface area contributed by atoms with E-state index < -0.39 is 0 Å². The number of thiophene rings is 1. The van der Waals surface area contributed by atoms with E-state index in [2.05, 4.69) is 34.4 Å². The molecule has 0 spiro atoms. The molecule has 4 rings (SSSR count). The third-order valence-corrected chi connectivity index (χ3v) is 7.32. The fraction of sp³-hybridized carbons (Fsp3) is 0.208. The number of anilines is 3. The van der Waals surface area contributed by atoms with Crippen LogP contribution < -0.4 is 20.3 Å². The second-order valence-electron chi connectivity index (χ2n) is 7.13. The molecule has 0 bridgehead atoms. The van der Waals surface area contributed by atoms with Gasteiger partial charge in [0, 0.05) is 24.3 Å². The van der Waals surface area contributed by atoms with Crippen LogP contribution in [0.1, 0.15) is 33.9 Å². The van der Waals surface area contributed by atoms with Gasteiger partial charge in [-0.05, 0) is 56.3 Å². The molecule has 0 radical (unpaired) electrons. The molecule has 0 saturated heterocycles. The van der Waals surface area contributed by atoms with E-state index in [0.29, 0.717) is 27.6 Å². The molecule has 0 aliphatic rings. The number of hydrogen-bond acceptors (Lipinski definition) is 7. The molecule has 4 aromatic rings. The van der Waals surface area contributed by atoms with Gasteiger partial charge in [0.15, 0.2) is 5.13 Å². The lowest BCUT2D eigenvalue weighted by Gasteiger charge is -2.16. The lowest BCUT2D eigenvalue weighted by Crippen LogP contribution is -2.21. The average Bonchev–Trinajstić information content (AvgIpc) is 3.40. The number of para-hydroxylation sites is 2. The Kier molecular flexibility index (Phi) is 6.90. The predicted molar refractivity (Wildman–Crippen MR) is 136 cm³/mol. The van der Waals surface area contributed by atoms with Crippen LogP contribution in [0.3, 0.4) is 0 Å². The van der Waals surface area contributed by atoms with Crippen molar-refractivity contribution in [3.63, 3.8) is 0 Å². The van der Waals surface area contributed by atoms with Gasteiger partial charge in [-0.2, -0.15) is 0 Å². The molecular weight excluding hydrogens is 456 g/mol. The van der Waals surface area contributed by atoms with E-state index in [4.69, 9.17) is 4.74 Å². The van der Waals surface area contributed by atoms with Crippen LogP contribution >= 0.6 is 22.7 Å². The fourth-order valence-electron chi connectivity index (χ4n) is 3.31. The summed E-state index contributed by atoms with van der Waals surface area (Å²) < 4.78 is 6.27. The molecule has 2 aromatic carbocycles. The molecule has 0 unspecified atom stereocenters. The topological polar surface area (TPSA) is 83.6 Å². The highest BCUT2D eigenvalue weighted by atomic mass is 32.1. The number of amides is 2. The van der Waals surface area contributed by atoms with Crippen molar-refractivity contribution in [2.45, 2.75) is 13.8 Å². The smallest absolute Gasteiger partial charge is 0.265 e. The molecule has 0 aliphatic carbocycles. The number of hydrogen-bond donors (Lipinski definition) is 2. The maximum atomic E-state index is 12.7. The van der Waals surface area contributed by atoms with E-state index in [1.54, 1.807) is 54.8 Å². The lowest BCUT2D eigenvalue weighted by molar-refractivity contribution is 0.102. The van der Waals surface area contributed by atoms with Crippen LogP contribution in [0.25, 0.3) is 9.53 Å². The molecule has 2 heterocycles. The van der Waals surface area contributed by atoms with Gasteiger partial charge < -0.3 is 20.3 Å². The second-order valence-corrected chi connectivity index (χ2v) is 9.17. The van der Waals surface area contributed by atoms with Crippen molar-refractivity contribution in [1.82, 2.24) is 4.98 Å². The van der Waals surface area contributed by atoms with Gasteiger partial charge in [0.25, 0.3) is 11.8 Å². The Hall–Kier alpha value is -3.43. The Balaban J connectivity index is 1.41. The maximum absolute atomic E-state index is 12.7. The molecule has 7 nitrogen and oxygen atoms in total. The third kappa shape index (κ3) is 4.99. The molecule has 170 valence electrons. The summed E-state index contributed by atoms with van der Waals surface area (Å²) in [7, 11) is 1.56. The number of carbonyl (C=O) groups is 2. The first-order valence-corrected chi connectivity index (χ1v) is 12.2. The maximum Gasteiger partial charge on any atom is 0.265 e. The fourth-order valence-corrected chi connectivity index (χ4v) is 5.54. The first-order chi connectivity index (χ1) is 16.0. The van der Waals surface area contributed by atoms with Crippen LogP contribution in [0.5, 0.6) is 5.75 Å². The van der Waals surface area contributed by atoms with Crippen LogP contribution in [0.15, 0.2) is 54.6 Å². The summed E-state index contributed by atoms with van der Waals surface area (Å²) in [5.74, 6) is 0.135. The minimum atomic E-state index is -0.258. The normalized spacial score (nSPS) is 10.8. The summed E-state index contributed by atoms with van der Waals surface area (Å²) in [5, 5.41) is 6.71. The van der Waals surface area contributed by atoms with Gasteiger partial charge in [0.05, 0.1) is 22.4 Å². The molecule has 0 atom stereocenters. The first-order valence-electron chi connectivity index (χ1n) is 10.5. The highest BCUT2D eigenvalue weighted by Crippen LogP contribution is 2.35. The quantitative estimate of drug-likeness (QED) is 0.337. The largest absolute Gasteiger partial charge is 0.495 e. The van der Waals surface area contributed by atoms with E-state index in [1.807, 2.05) is 18.2 Å². The van der Waals surface area contributed by atoms with Crippen molar-refractivity contribution in [1.29, 1.82) is 0 Å². The van der Waals surface area contributed by atoms with Crippen LogP contribution in [0, 0.1) is 0 Å². The highest BCUT2D eigenvalue weighted by molar-refractivity contribution is 7.29. The van der Waals surface area contributed by atoms with Gasteiger partial charge in [-0.15, -0.1) is 11.3 Å². The Labute approximate surface area is 200 Å². The Morgan fingerprint density at radius 3 is 2.36 bits per heavy atom. The molecular formula is C24H24N4O3S2. The molecule has 9 heteroatoms. The number of aromatic nitrogens is 1. The average molecular weight is 481 g/mol. The number of rotatable bonds is 8. The molecule has 33 heavy (non-hydrogen) atoms. The Bertz CT molecular complexity index is 1250. The van der Waals surface area contributed by atoms with Crippen LogP contribution in [-0.2, 0) is 0 Å². The van der Waals surface area contributed by atoms with Crippen molar-refractivity contribution in [3.8, 4) is 5.75 Å². The number of fused-ring (bicyclic) bond motifs is 1. The van der Waals surface area contributed by atoms with E-state index >= 15 is 0 Å². The summed E-state index contributed by atoms with van der Waals surface area (Å²) >= 11 is 2.98. The minimum absolute atomic E-state index is 0.194. The summed E-state index contributed by atoms with van der Waals surface area (Å²) in [6, 6.07) is 15.9. The first kappa shape index (κ1) is 22.8. The van der Waals surface area contributed by atoms with Crippen molar-refractivity contribution in [3.05, 3.63) is 65.0 Å². The zero-order valence-corrected chi connectivity index (χ0v) is 20.2. The Morgan fingerprint density at radius 1 is 0.970 bits per heavy atom. The second kappa shape index (κ2) is 10.0. The molecule has 2 aromatic heterocycles. The van der Waals surface area contributed by atoms with Crippen molar-refractivity contribution >= 4 is 60.5 Å². The SMILES string of the molecule is CCN(CC)c1nc2sc(C(=O)Nc3ccc(C(=O)Nc4ccccc4OC)cc3)cc2s1. The van der Waals surface area contributed by atoms with Gasteiger partial charge in [-0.25, -0.2) is 4.98 Å². The van der Waals surface area contributed by atoms with Gasteiger partial charge in [0.1, 0.15) is 10.6 Å². The van der Waals surface area contributed by atoms with Gasteiger partial charge >= 0.3 is 0 Å². The van der Waals surface area contributed by atoms with E-state index in [0.717, 1.165) is 27.8 Å². The molecule has 0 fully saturated rings. The number of ether oxygens (including phenoxy) is 1. The zero-order chi connectivity index (χ0) is 23.4. The van der Waals surface area contributed by atoms with Gasteiger partial charge in [-0.3, -0.25) is 9.59 Å². The number of carbonyl (C=O) groups excluding carboxylic acids is 2. The van der Waals surface area contributed by atoms with Crippen molar-refractivity contribution in [2.24, 2.45) is 0 Å². The summed E-state index contributed by atoms with van der Waals surface area (Å²) in [4.78, 5) is 33.6. The van der Waals surface area contributed by atoms with Gasteiger partial charge in [-0.1, -0.05) is 23.5 Å². The van der Waals surface area contributed by atoms with E-state index in [1.165, 1.54) is 11.3 Å².